The minimum absolute atomic E-state index is 0.0604. The molecule has 27 heavy (non-hydrogen) atoms. The SMILES string of the molecule is COc1cc(C(=O)NC(CCC(=O)O)c2ccccc2)cc(OC)c1OC. The Kier molecular flexibility index (Phi) is 7.05. The number of hydrogen-bond acceptors (Lipinski definition) is 5. The standard InChI is InChI=1S/C20H23NO6/c1-25-16-11-14(12-17(26-2)19(16)27-3)20(24)21-15(9-10-18(22)23)13-7-5-4-6-8-13/h4-8,11-12,15H,9-10H2,1-3H3,(H,21,24)(H,22,23). The van der Waals surface area contributed by atoms with Crippen molar-refractivity contribution in [3.63, 3.8) is 0 Å². The molecule has 0 saturated heterocycles. The van der Waals surface area contributed by atoms with E-state index in [2.05, 4.69) is 5.32 Å². The zero-order valence-electron chi connectivity index (χ0n) is 15.5. The topological polar surface area (TPSA) is 94.1 Å². The average Bonchev–Trinajstić information content (AvgIpc) is 2.70. The van der Waals surface area contributed by atoms with Gasteiger partial charge in [-0.3, -0.25) is 9.59 Å². The summed E-state index contributed by atoms with van der Waals surface area (Å²) in [6.45, 7) is 0. The van der Waals surface area contributed by atoms with Gasteiger partial charge >= 0.3 is 5.97 Å². The van der Waals surface area contributed by atoms with Crippen LogP contribution in [0.5, 0.6) is 17.2 Å². The number of carbonyl (C=O) groups excluding carboxylic acids is 1. The smallest absolute Gasteiger partial charge is 0.303 e. The number of rotatable bonds is 9. The number of benzene rings is 2. The van der Waals surface area contributed by atoms with E-state index in [4.69, 9.17) is 19.3 Å². The third kappa shape index (κ3) is 5.13. The summed E-state index contributed by atoms with van der Waals surface area (Å²) in [5, 5.41) is 11.9. The molecule has 1 atom stereocenters. The van der Waals surface area contributed by atoms with Gasteiger partial charge in [0.05, 0.1) is 27.4 Å². The van der Waals surface area contributed by atoms with Gasteiger partial charge in [-0.1, -0.05) is 30.3 Å². The Hall–Kier alpha value is -3.22. The zero-order valence-corrected chi connectivity index (χ0v) is 15.5. The summed E-state index contributed by atoms with van der Waals surface area (Å²) in [6, 6.07) is 11.9. The Morgan fingerprint density at radius 1 is 1.00 bits per heavy atom. The highest BCUT2D eigenvalue weighted by Crippen LogP contribution is 2.38. The average molecular weight is 373 g/mol. The van der Waals surface area contributed by atoms with Crippen molar-refractivity contribution in [3.8, 4) is 17.2 Å². The Bertz CT molecular complexity index is 765. The molecule has 0 spiro atoms. The lowest BCUT2D eigenvalue weighted by Gasteiger charge is -2.20. The van der Waals surface area contributed by atoms with E-state index in [1.807, 2.05) is 30.3 Å². The summed E-state index contributed by atoms with van der Waals surface area (Å²) in [5.74, 6) is -0.166. The van der Waals surface area contributed by atoms with E-state index in [-0.39, 0.29) is 18.7 Å². The molecule has 7 heteroatoms. The molecule has 2 N–H and O–H groups in total. The van der Waals surface area contributed by atoms with Gasteiger partial charge in [0.2, 0.25) is 5.75 Å². The number of methoxy groups -OCH3 is 3. The molecule has 2 rings (SSSR count). The molecule has 0 saturated carbocycles. The van der Waals surface area contributed by atoms with E-state index in [1.165, 1.54) is 21.3 Å². The Morgan fingerprint density at radius 3 is 2.07 bits per heavy atom. The molecule has 2 aromatic carbocycles. The monoisotopic (exact) mass is 373 g/mol. The van der Waals surface area contributed by atoms with E-state index >= 15 is 0 Å². The second-order valence-electron chi connectivity index (χ2n) is 5.78. The maximum absolute atomic E-state index is 12.8. The predicted octanol–water partition coefficient (Wildman–Crippen LogP) is 3.05. The molecule has 0 radical (unpaired) electrons. The quantitative estimate of drug-likeness (QED) is 0.702. The van der Waals surface area contributed by atoms with Crippen molar-refractivity contribution in [2.75, 3.05) is 21.3 Å². The maximum Gasteiger partial charge on any atom is 0.303 e. The maximum atomic E-state index is 12.8. The van der Waals surface area contributed by atoms with Crippen LogP contribution >= 0.6 is 0 Å². The number of carbonyl (C=O) groups is 2. The summed E-state index contributed by atoms with van der Waals surface area (Å²) >= 11 is 0. The van der Waals surface area contributed by atoms with Gasteiger partial charge in [-0.05, 0) is 24.1 Å². The Labute approximate surface area is 157 Å². The highest BCUT2D eigenvalue weighted by Gasteiger charge is 2.20. The molecule has 1 unspecified atom stereocenters. The van der Waals surface area contributed by atoms with Crippen LogP contribution in [-0.2, 0) is 4.79 Å². The number of nitrogens with one attached hydrogen (secondary N) is 1. The number of carboxylic acid groups (broad SMARTS) is 1. The van der Waals surface area contributed by atoms with Crippen molar-refractivity contribution >= 4 is 11.9 Å². The molecule has 144 valence electrons. The van der Waals surface area contributed by atoms with Crippen LogP contribution in [0.4, 0.5) is 0 Å². The first-order valence-corrected chi connectivity index (χ1v) is 8.37. The van der Waals surface area contributed by atoms with Crippen molar-refractivity contribution in [3.05, 3.63) is 53.6 Å². The largest absolute Gasteiger partial charge is 0.493 e. The van der Waals surface area contributed by atoms with Crippen LogP contribution in [0.1, 0.15) is 34.8 Å². The molecule has 0 aromatic heterocycles. The van der Waals surface area contributed by atoms with Gasteiger partial charge in [-0.25, -0.2) is 0 Å². The summed E-state index contributed by atoms with van der Waals surface area (Å²) in [4.78, 5) is 23.8. The van der Waals surface area contributed by atoms with Crippen LogP contribution < -0.4 is 19.5 Å². The van der Waals surface area contributed by atoms with Crippen molar-refractivity contribution in [1.82, 2.24) is 5.32 Å². The highest BCUT2D eigenvalue weighted by atomic mass is 16.5. The van der Waals surface area contributed by atoms with Crippen LogP contribution in [0.25, 0.3) is 0 Å². The van der Waals surface area contributed by atoms with Crippen LogP contribution in [0.15, 0.2) is 42.5 Å². The molecule has 0 heterocycles. The second kappa shape index (κ2) is 9.47. The fraction of sp³-hybridized carbons (Fsp3) is 0.300. The molecule has 1 amide bonds. The lowest BCUT2D eigenvalue weighted by molar-refractivity contribution is -0.137. The summed E-state index contributed by atoms with van der Waals surface area (Å²) in [7, 11) is 4.43. The summed E-state index contributed by atoms with van der Waals surface area (Å²) < 4.78 is 15.8. The van der Waals surface area contributed by atoms with Gasteiger partial charge in [0.1, 0.15) is 0 Å². The zero-order chi connectivity index (χ0) is 19.8. The van der Waals surface area contributed by atoms with Gasteiger partial charge < -0.3 is 24.6 Å². The lowest BCUT2D eigenvalue weighted by Crippen LogP contribution is -2.29. The minimum Gasteiger partial charge on any atom is -0.493 e. The van der Waals surface area contributed by atoms with Crippen LogP contribution in [0, 0.1) is 0 Å². The normalized spacial score (nSPS) is 11.4. The number of aliphatic carboxylic acids is 1. The summed E-state index contributed by atoms with van der Waals surface area (Å²) in [5.41, 5.74) is 1.15. The van der Waals surface area contributed by atoms with Crippen molar-refractivity contribution < 1.29 is 28.9 Å². The number of hydrogen-bond donors (Lipinski definition) is 2. The summed E-state index contributed by atoms with van der Waals surface area (Å²) in [6.07, 6.45) is 0.213. The van der Waals surface area contributed by atoms with Gasteiger partial charge in [0, 0.05) is 12.0 Å². The van der Waals surface area contributed by atoms with E-state index in [0.29, 0.717) is 22.8 Å². The van der Waals surface area contributed by atoms with Crippen LogP contribution in [-0.4, -0.2) is 38.3 Å². The molecule has 7 nitrogen and oxygen atoms in total. The molecule has 0 aliphatic rings. The first-order chi connectivity index (χ1) is 13.0. The van der Waals surface area contributed by atoms with Crippen molar-refractivity contribution in [2.45, 2.75) is 18.9 Å². The fourth-order valence-corrected chi connectivity index (χ4v) is 2.73. The van der Waals surface area contributed by atoms with Crippen LogP contribution in [0.2, 0.25) is 0 Å². The van der Waals surface area contributed by atoms with E-state index in [0.717, 1.165) is 5.56 Å². The number of amides is 1. The third-order valence-corrected chi connectivity index (χ3v) is 4.08. The molecule has 2 aromatic rings. The second-order valence-corrected chi connectivity index (χ2v) is 5.78. The van der Waals surface area contributed by atoms with E-state index in [1.54, 1.807) is 12.1 Å². The first-order valence-electron chi connectivity index (χ1n) is 8.37. The number of ether oxygens (including phenoxy) is 3. The third-order valence-electron chi connectivity index (χ3n) is 4.08. The van der Waals surface area contributed by atoms with Gasteiger partial charge in [-0.15, -0.1) is 0 Å². The lowest BCUT2D eigenvalue weighted by atomic mass is 10.0. The van der Waals surface area contributed by atoms with Gasteiger partial charge in [-0.2, -0.15) is 0 Å². The molecule has 0 fully saturated rings. The number of carboxylic acids is 1. The molecular formula is C20H23NO6. The molecule has 0 bridgehead atoms. The Morgan fingerprint density at radius 2 is 1.59 bits per heavy atom. The van der Waals surface area contributed by atoms with Gasteiger partial charge in [0.15, 0.2) is 11.5 Å². The van der Waals surface area contributed by atoms with E-state index in [9.17, 15) is 9.59 Å². The van der Waals surface area contributed by atoms with E-state index < -0.39 is 12.0 Å². The van der Waals surface area contributed by atoms with Gasteiger partial charge in [0.25, 0.3) is 5.91 Å². The molecular weight excluding hydrogens is 350 g/mol. The van der Waals surface area contributed by atoms with Crippen molar-refractivity contribution in [2.24, 2.45) is 0 Å². The van der Waals surface area contributed by atoms with Crippen molar-refractivity contribution in [1.29, 1.82) is 0 Å². The molecule has 0 aliphatic heterocycles. The predicted molar refractivity (Wildman–Crippen MR) is 99.6 cm³/mol. The first kappa shape index (κ1) is 20.1. The van der Waals surface area contributed by atoms with Crippen LogP contribution in [0.3, 0.4) is 0 Å². The minimum atomic E-state index is -0.919. The Balaban J connectivity index is 2.30. The highest BCUT2D eigenvalue weighted by molar-refractivity contribution is 5.96. The fourth-order valence-electron chi connectivity index (χ4n) is 2.73. The molecule has 0 aliphatic carbocycles.